The number of nitrogens with zero attached hydrogens (tertiary/aromatic N) is 7. The Morgan fingerprint density at radius 2 is 1.74 bits per heavy atom. The predicted octanol–water partition coefficient (Wildman–Crippen LogP) is 6.64. The molecule has 8 nitrogen and oxygen atoms in total. The molecule has 6 aromatic rings. The van der Waals surface area contributed by atoms with Crippen molar-refractivity contribution in [2.75, 3.05) is 0 Å². The lowest BCUT2D eigenvalue weighted by molar-refractivity contribution is 0.600. The minimum absolute atomic E-state index is 0.375. The van der Waals surface area contributed by atoms with Crippen molar-refractivity contribution in [1.82, 2.24) is 39.7 Å². The second-order valence-electron chi connectivity index (χ2n) is 10.3. The van der Waals surface area contributed by atoms with E-state index in [0.29, 0.717) is 11.9 Å². The molecule has 6 rings (SSSR count). The highest BCUT2D eigenvalue weighted by atomic mass is 15.5. The fraction of sp³-hybridized carbons (Fsp3) is 0.258. The van der Waals surface area contributed by atoms with E-state index in [1.165, 1.54) is 11.1 Å². The van der Waals surface area contributed by atoms with Gasteiger partial charge in [-0.05, 0) is 66.8 Å². The summed E-state index contributed by atoms with van der Waals surface area (Å²) in [6, 6.07) is 21.7. The summed E-state index contributed by atoms with van der Waals surface area (Å²) in [7, 11) is 0. The Morgan fingerprint density at radius 3 is 2.44 bits per heavy atom. The van der Waals surface area contributed by atoms with E-state index in [-0.39, 0.29) is 0 Å². The molecule has 1 N–H and O–H groups in total. The van der Waals surface area contributed by atoms with Crippen LogP contribution in [0.3, 0.4) is 0 Å². The summed E-state index contributed by atoms with van der Waals surface area (Å²) >= 11 is 0. The summed E-state index contributed by atoms with van der Waals surface area (Å²) in [6.45, 7) is 9.44. The van der Waals surface area contributed by atoms with E-state index < -0.39 is 0 Å². The van der Waals surface area contributed by atoms with Crippen molar-refractivity contribution in [3.63, 3.8) is 0 Å². The average Bonchev–Trinajstić information content (AvgIpc) is 3.71. The van der Waals surface area contributed by atoms with Crippen LogP contribution in [0.2, 0.25) is 0 Å². The van der Waals surface area contributed by atoms with Crippen LogP contribution < -0.4 is 0 Å². The van der Waals surface area contributed by atoms with Crippen LogP contribution in [0.25, 0.3) is 44.8 Å². The van der Waals surface area contributed by atoms with Gasteiger partial charge in [0.25, 0.3) is 0 Å². The van der Waals surface area contributed by atoms with Crippen LogP contribution in [0.1, 0.15) is 50.2 Å². The van der Waals surface area contributed by atoms with Gasteiger partial charge < -0.3 is 9.13 Å². The van der Waals surface area contributed by atoms with Gasteiger partial charge in [0.2, 0.25) is 5.82 Å². The minimum Gasteiger partial charge on any atom is -0.334 e. The lowest BCUT2D eigenvalue weighted by Gasteiger charge is -2.12. The van der Waals surface area contributed by atoms with Crippen molar-refractivity contribution >= 4 is 11.0 Å². The largest absolute Gasteiger partial charge is 0.334 e. The Bertz CT molecular complexity index is 1720. The van der Waals surface area contributed by atoms with Gasteiger partial charge in [0.1, 0.15) is 5.82 Å². The van der Waals surface area contributed by atoms with Crippen LogP contribution >= 0.6 is 0 Å². The number of rotatable bonds is 8. The topological polar surface area (TPSA) is 90.1 Å². The quantitative estimate of drug-likeness (QED) is 0.245. The summed E-state index contributed by atoms with van der Waals surface area (Å²) in [6.07, 6.45) is 6.02. The van der Waals surface area contributed by atoms with Crippen molar-refractivity contribution in [1.29, 1.82) is 0 Å². The number of hydrogen-bond donors (Lipinski definition) is 1. The normalized spacial score (nSPS) is 11.6. The van der Waals surface area contributed by atoms with E-state index in [4.69, 9.17) is 9.97 Å². The van der Waals surface area contributed by atoms with Crippen molar-refractivity contribution in [2.24, 2.45) is 0 Å². The van der Waals surface area contributed by atoms with Crippen molar-refractivity contribution in [3.8, 4) is 33.8 Å². The molecule has 0 amide bonds. The summed E-state index contributed by atoms with van der Waals surface area (Å²) in [5.41, 5.74) is 9.86. The van der Waals surface area contributed by atoms with Gasteiger partial charge in [-0.15, -0.1) is 10.2 Å². The molecule has 3 heterocycles. The van der Waals surface area contributed by atoms with Gasteiger partial charge in [-0.25, -0.2) is 9.97 Å². The Kier molecular flexibility index (Phi) is 6.52. The first-order valence-corrected chi connectivity index (χ1v) is 13.5. The van der Waals surface area contributed by atoms with Crippen LogP contribution in [0.15, 0.2) is 73.2 Å². The molecule has 0 aliphatic carbocycles. The maximum atomic E-state index is 5.09. The van der Waals surface area contributed by atoms with Crippen LogP contribution in [0.4, 0.5) is 0 Å². The second kappa shape index (κ2) is 10.3. The minimum atomic E-state index is 0.375. The highest BCUT2D eigenvalue weighted by Gasteiger charge is 2.16. The summed E-state index contributed by atoms with van der Waals surface area (Å²) < 4.78 is 4.52. The molecule has 3 aromatic carbocycles. The zero-order valence-electron chi connectivity index (χ0n) is 22.8. The molecule has 0 saturated heterocycles. The first kappa shape index (κ1) is 24.7. The van der Waals surface area contributed by atoms with Gasteiger partial charge in [-0.2, -0.15) is 5.21 Å². The molecule has 0 atom stereocenters. The third kappa shape index (κ3) is 4.74. The zero-order valence-corrected chi connectivity index (χ0v) is 22.8. The molecule has 0 spiro atoms. The van der Waals surface area contributed by atoms with Crippen LogP contribution in [-0.2, 0) is 13.0 Å². The van der Waals surface area contributed by atoms with E-state index in [2.05, 4.69) is 106 Å². The average molecular weight is 517 g/mol. The Morgan fingerprint density at radius 1 is 0.949 bits per heavy atom. The van der Waals surface area contributed by atoms with Gasteiger partial charge in [-0.3, -0.25) is 0 Å². The van der Waals surface area contributed by atoms with Crippen molar-refractivity contribution in [3.05, 3.63) is 90.1 Å². The van der Waals surface area contributed by atoms with Gasteiger partial charge in [0, 0.05) is 36.3 Å². The number of fused-ring (bicyclic) bond motifs is 1. The fourth-order valence-corrected chi connectivity index (χ4v) is 5.13. The van der Waals surface area contributed by atoms with E-state index in [1.807, 2.05) is 24.5 Å². The van der Waals surface area contributed by atoms with E-state index in [1.54, 1.807) is 0 Å². The highest BCUT2D eigenvalue weighted by Crippen LogP contribution is 2.31. The van der Waals surface area contributed by atoms with Gasteiger partial charge >= 0.3 is 0 Å². The fourth-order valence-electron chi connectivity index (χ4n) is 5.13. The molecular weight excluding hydrogens is 484 g/mol. The van der Waals surface area contributed by atoms with Crippen LogP contribution in [0.5, 0.6) is 0 Å². The van der Waals surface area contributed by atoms with Crippen LogP contribution in [-0.4, -0.2) is 39.7 Å². The van der Waals surface area contributed by atoms with Gasteiger partial charge in [0.15, 0.2) is 0 Å². The Balaban J connectivity index is 1.37. The third-order valence-corrected chi connectivity index (χ3v) is 7.21. The molecule has 0 unspecified atom stereocenters. The Labute approximate surface area is 227 Å². The molecule has 8 heteroatoms. The summed E-state index contributed by atoms with van der Waals surface area (Å²) in [5.74, 6) is 1.71. The first-order chi connectivity index (χ1) is 19.0. The smallest absolute Gasteiger partial charge is 0.205 e. The molecule has 0 aliphatic rings. The van der Waals surface area contributed by atoms with E-state index >= 15 is 0 Å². The molecule has 0 aliphatic heterocycles. The molecule has 0 radical (unpaired) electrons. The zero-order chi connectivity index (χ0) is 26.9. The van der Waals surface area contributed by atoms with E-state index in [0.717, 1.165) is 64.2 Å². The number of hydrogen-bond acceptors (Lipinski definition) is 5. The lowest BCUT2D eigenvalue weighted by atomic mass is 9.98. The number of nitrogens with one attached hydrogen (secondary N) is 1. The molecule has 0 saturated carbocycles. The summed E-state index contributed by atoms with van der Waals surface area (Å²) in [5, 5.41) is 14.6. The maximum Gasteiger partial charge on any atom is 0.205 e. The van der Waals surface area contributed by atoms with Crippen LogP contribution in [0, 0.1) is 6.92 Å². The molecule has 196 valence electrons. The van der Waals surface area contributed by atoms with E-state index in [9.17, 15) is 0 Å². The summed E-state index contributed by atoms with van der Waals surface area (Å²) in [4.78, 5) is 9.78. The second-order valence-corrected chi connectivity index (χ2v) is 10.3. The first-order valence-electron chi connectivity index (χ1n) is 13.5. The molecule has 3 aromatic heterocycles. The SMILES string of the molecule is CCCc1nc2c(C)cc(-c3cn(C(C)C)cn3)cc2n1Cc1ccc(-c2ccccc2-c2nn[nH]n2)cc1. The van der Waals surface area contributed by atoms with Crippen molar-refractivity contribution < 1.29 is 0 Å². The number of benzene rings is 3. The maximum absolute atomic E-state index is 5.09. The monoisotopic (exact) mass is 516 g/mol. The Hall–Kier alpha value is -4.59. The number of H-pyrrole nitrogens is 1. The number of aromatic amines is 1. The number of aryl methyl sites for hydroxylation is 2. The molecular formula is C31H32N8. The van der Waals surface area contributed by atoms with Gasteiger partial charge in [-0.1, -0.05) is 55.5 Å². The molecule has 0 bridgehead atoms. The standard InChI is InChI=1S/C31H32N8/c1-5-8-29-33-30-21(4)15-24(27-18-38(19-32-27)20(2)3)16-28(30)39(29)17-22-11-13-23(14-12-22)25-9-6-7-10-26(25)31-34-36-37-35-31/h6-7,9-16,18-20H,5,8,17H2,1-4H3,(H,34,35,36,37). The third-order valence-electron chi connectivity index (χ3n) is 7.21. The number of tetrazole rings is 1. The number of aromatic nitrogens is 8. The molecule has 39 heavy (non-hydrogen) atoms. The predicted molar refractivity (Wildman–Crippen MR) is 154 cm³/mol. The number of imidazole rings is 2. The highest BCUT2D eigenvalue weighted by molar-refractivity contribution is 5.85. The molecule has 0 fully saturated rings. The van der Waals surface area contributed by atoms with Gasteiger partial charge in [0.05, 0.1) is 23.1 Å². The lowest BCUT2D eigenvalue weighted by Crippen LogP contribution is -2.05. The van der Waals surface area contributed by atoms with Crippen molar-refractivity contribution in [2.45, 2.75) is 53.1 Å².